The molecule has 3 aromatic carbocycles. The van der Waals surface area contributed by atoms with Crippen LogP contribution in [0.25, 0.3) is 0 Å². The van der Waals surface area contributed by atoms with Crippen LogP contribution >= 0.6 is 12.8 Å². The highest BCUT2D eigenvalue weighted by Gasteiger charge is 2.17. The number of ether oxygens (including phenoxy) is 1. The topological polar surface area (TPSA) is 94.5 Å². The number of hydrogen-bond acceptors (Lipinski definition) is 5. The summed E-state index contributed by atoms with van der Waals surface area (Å²) in [7, 11) is 0. The van der Waals surface area contributed by atoms with Crippen molar-refractivity contribution in [3.05, 3.63) is 89.2 Å². The Balaban J connectivity index is 1.68. The van der Waals surface area contributed by atoms with E-state index in [4.69, 9.17) is 10.00 Å². The molecule has 0 saturated carbocycles. The van der Waals surface area contributed by atoms with Crippen molar-refractivity contribution in [3.8, 4) is 11.8 Å². The maximum atomic E-state index is 14.0. The minimum absolute atomic E-state index is 0.0847. The Kier molecular flexibility index (Phi) is 9.72. The van der Waals surface area contributed by atoms with Crippen LogP contribution in [0, 0.1) is 17.1 Å². The zero-order chi connectivity index (χ0) is 25.9. The van der Waals surface area contributed by atoms with Gasteiger partial charge in [0.25, 0.3) is 5.91 Å². The SMILES string of the molecule is CCCCOc1cc(N(S)C(=O)NCCc2ccc(C#N)cc2)ccc1NC(=O)c1ccccc1F. The molecular weight excluding hydrogens is 479 g/mol. The van der Waals surface area contributed by atoms with Crippen LogP contribution in [0.5, 0.6) is 5.75 Å². The first kappa shape index (κ1) is 26.6. The summed E-state index contributed by atoms with van der Waals surface area (Å²) in [5.74, 6) is -0.890. The summed E-state index contributed by atoms with van der Waals surface area (Å²) in [5.41, 5.74) is 2.27. The summed E-state index contributed by atoms with van der Waals surface area (Å²) >= 11 is 4.33. The van der Waals surface area contributed by atoms with Gasteiger partial charge in [-0.1, -0.05) is 50.4 Å². The van der Waals surface area contributed by atoms with Gasteiger partial charge in [0, 0.05) is 12.6 Å². The lowest BCUT2D eigenvalue weighted by Crippen LogP contribution is -2.35. The second-order valence-electron chi connectivity index (χ2n) is 7.92. The molecule has 36 heavy (non-hydrogen) atoms. The van der Waals surface area contributed by atoms with Gasteiger partial charge in [0.15, 0.2) is 0 Å². The smallest absolute Gasteiger partial charge is 0.331 e. The monoisotopic (exact) mass is 506 g/mol. The Bertz CT molecular complexity index is 1240. The van der Waals surface area contributed by atoms with Gasteiger partial charge in [-0.15, -0.1) is 0 Å². The second kappa shape index (κ2) is 13.2. The average Bonchev–Trinajstić information content (AvgIpc) is 2.89. The number of anilines is 2. The third kappa shape index (κ3) is 7.23. The van der Waals surface area contributed by atoms with E-state index in [9.17, 15) is 14.0 Å². The molecule has 7 nitrogen and oxygen atoms in total. The quantitative estimate of drug-likeness (QED) is 0.242. The van der Waals surface area contributed by atoms with E-state index in [-0.39, 0.29) is 5.56 Å². The van der Waals surface area contributed by atoms with E-state index < -0.39 is 17.8 Å². The highest BCUT2D eigenvalue weighted by atomic mass is 32.1. The van der Waals surface area contributed by atoms with E-state index in [1.807, 2.05) is 19.1 Å². The van der Waals surface area contributed by atoms with Crippen LogP contribution in [0.2, 0.25) is 0 Å². The van der Waals surface area contributed by atoms with Crippen molar-refractivity contribution in [3.63, 3.8) is 0 Å². The van der Waals surface area contributed by atoms with Crippen molar-refractivity contribution in [1.29, 1.82) is 5.26 Å². The molecule has 0 atom stereocenters. The number of carbonyl (C=O) groups excluding carboxylic acids is 2. The Hall–Kier alpha value is -4.03. The summed E-state index contributed by atoms with van der Waals surface area (Å²) in [4.78, 5) is 25.2. The third-order valence-electron chi connectivity index (χ3n) is 5.30. The van der Waals surface area contributed by atoms with Crippen LogP contribution in [0.4, 0.5) is 20.6 Å². The number of thiol groups is 1. The predicted octanol–water partition coefficient (Wildman–Crippen LogP) is 5.73. The summed E-state index contributed by atoms with van der Waals surface area (Å²) < 4.78 is 21.0. The van der Waals surface area contributed by atoms with E-state index in [1.54, 1.807) is 36.4 Å². The molecule has 0 heterocycles. The number of unbranched alkanes of at least 4 members (excludes halogenated alkanes) is 1. The lowest BCUT2D eigenvalue weighted by atomic mass is 10.1. The van der Waals surface area contributed by atoms with Crippen molar-refractivity contribution in [2.75, 3.05) is 22.8 Å². The Labute approximate surface area is 215 Å². The van der Waals surface area contributed by atoms with Gasteiger partial charge >= 0.3 is 6.03 Å². The number of hydrogen-bond donors (Lipinski definition) is 3. The van der Waals surface area contributed by atoms with Crippen molar-refractivity contribution >= 4 is 36.1 Å². The lowest BCUT2D eigenvalue weighted by molar-refractivity contribution is 0.102. The van der Waals surface area contributed by atoms with Gasteiger partial charge in [-0.3, -0.25) is 4.79 Å². The maximum Gasteiger partial charge on any atom is 0.331 e. The molecule has 3 amide bonds. The van der Waals surface area contributed by atoms with Crippen molar-refractivity contribution < 1.29 is 18.7 Å². The third-order valence-corrected chi connectivity index (χ3v) is 5.71. The highest BCUT2D eigenvalue weighted by molar-refractivity contribution is 7.82. The molecular formula is C27H27FN4O3S. The lowest BCUT2D eigenvalue weighted by Gasteiger charge is -2.19. The van der Waals surface area contributed by atoms with Gasteiger partial charge in [-0.05, 0) is 54.8 Å². The van der Waals surface area contributed by atoms with E-state index in [2.05, 4.69) is 29.5 Å². The van der Waals surface area contributed by atoms with Crippen LogP contribution < -0.4 is 19.7 Å². The minimum atomic E-state index is -0.626. The molecule has 0 aromatic heterocycles. The first-order valence-corrected chi connectivity index (χ1v) is 11.9. The number of benzene rings is 3. The summed E-state index contributed by atoms with van der Waals surface area (Å²) in [6, 6.07) is 19.3. The van der Waals surface area contributed by atoms with Gasteiger partial charge in [0.05, 0.1) is 35.2 Å². The molecule has 0 fully saturated rings. The Morgan fingerprint density at radius 3 is 2.56 bits per heavy atom. The molecule has 0 aliphatic rings. The summed E-state index contributed by atoms with van der Waals surface area (Å²) in [6.07, 6.45) is 2.30. The molecule has 3 rings (SSSR count). The fraction of sp³-hybridized carbons (Fsp3) is 0.222. The Morgan fingerprint density at radius 1 is 1.11 bits per heavy atom. The fourth-order valence-corrected chi connectivity index (χ4v) is 3.47. The van der Waals surface area contributed by atoms with Gasteiger partial charge in [-0.2, -0.15) is 5.26 Å². The summed E-state index contributed by atoms with van der Waals surface area (Å²) in [6.45, 7) is 2.81. The molecule has 2 N–H and O–H groups in total. The van der Waals surface area contributed by atoms with Crippen LogP contribution in [0.3, 0.4) is 0 Å². The van der Waals surface area contributed by atoms with Crippen LogP contribution in [-0.2, 0) is 6.42 Å². The minimum Gasteiger partial charge on any atom is -0.491 e. The summed E-state index contributed by atoms with van der Waals surface area (Å²) in [5, 5.41) is 14.4. The Morgan fingerprint density at radius 2 is 1.86 bits per heavy atom. The maximum absolute atomic E-state index is 14.0. The number of halogens is 1. The zero-order valence-corrected chi connectivity index (χ0v) is 20.7. The predicted molar refractivity (Wildman–Crippen MR) is 141 cm³/mol. The molecule has 0 bridgehead atoms. The largest absolute Gasteiger partial charge is 0.491 e. The molecule has 0 saturated heterocycles. The molecule has 9 heteroatoms. The second-order valence-corrected chi connectivity index (χ2v) is 8.32. The van der Waals surface area contributed by atoms with Crippen LogP contribution in [0.15, 0.2) is 66.7 Å². The van der Waals surface area contributed by atoms with Crippen LogP contribution in [-0.4, -0.2) is 25.1 Å². The van der Waals surface area contributed by atoms with E-state index in [0.717, 1.165) is 22.7 Å². The number of carbonyl (C=O) groups is 2. The average molecular weight is 507 g/mol. The molecule has 0 aliphatic carbocycles. The van der Waals surface area contributed by atoms with E-state index in [0.29, 0.717) is 42.3 Å². The number of rotatable bonds is 10. The van der Waals surface area contributed by atoms with Gasteiger partial charge in [0.1, 0.15) is 11.6 Å². The van der Waals surface area contributed by atoms with E-state index >= 15 is 0 Å². The number of nitrogens with zero attached hydrogens (tertiary/aromatic N) is 2. The fourth-order valence-electron chi connectivity index (χ4n) is 3.28. The first-order valence-electron chi connectivity index (χ1n) is 11.5. The number of nitriles is 1. The highest BCUT2D eigenvalue weighted by Crippen LogP contribution is 2.32. The molecule has 3 aromatic rings. The standard InChI is InChI=1S/C27H27FN4O3S/c1-2-3-16-35-25-17-21(12-13-24(25)31-26(33)22-6-4-5-7-23(22)28)32(36)27(34)30-15-14-19-8-10-20(18-29)11-9-19/h4-13,17,36H,2-3,14-16H2,1H3,(H,30,34)(H,31,33). The van der Waals surface area contributed by atoms with E-state index in [1.165, 1.54) is 18.2 Å². The molecule has 0 aliphatic heterocycles. The number of urea groups is 1. The molecule has 186 valence electrons. The number of nitrogens with one attached hydrogen (secondary N) is 2. The molecule has 0 unspecified atom stereocenters. The van der Waals surface area contributed by atoms with Crippen molar-refractivity contribution in [2.24, 2.45) is 0 Å². The number of amides is 3. The first-order chi connectivity index (χ1) is 17.4. The molecule has 0 radical (unpaired) electrons. The van der Waals surface area contributed by atoms with Crippen molar-refractivity contribution in [1.82, 2.24) is 5.32 Å². The normalized spacial score (nSPS) is 10.3. The van der Waals surface area contributed by atoms with Gasteiger partial charge in [-0.25, -0.2) is 13.5 Å². The molecule has 0 spiro atoms. The van der Waals surface area contributed by atoms with Gasteiger partial charge in [0.2, 0.25) is 0 Å². The van der Waals surface area contributed by atoms with Crippen molar-refractivity contribution in [2.45, 2.75) is 26.2 Å². The van der Waals surface area contributed by atoms with Crippen LogP contribution in [0.1, 0.15) is 41.3 Å². The zero-order valence-electron chi connectivity index (χ0n) is 19.8. The van der Waals surface area contributed by atoms with Gasteiger partial charge < -0.3 is 15.4 Å².